The van der Waals surface area contributed by atoms with Crippen molar-refractivity contribution < 1.29 is 4.74 Å². The molecule has 0 radical (unpaired) electrons. The first-order valence-electron chi connectivity index (χ1n) is 9.61. The second-order valence-corrected chi connectivity index (χ2v) is 8.55. The zero-order valence-electron chi connectivity index (χ0n) is 16.5. The summed E-state index contributed by atoms with van der Waals surface area (Å²) in [5, 5.41) is 0. The molecule has 0 saturated carbocycles. The summed E-state index contributed by atoms with van der Waals surface area (Å²) in [6.07, 6.45) is 3.68. The Kier molecular flexibility index (Phi) is 7.07. The molecular formula is C26H18Br2N2O. The van der Waals surface area contributed by atoms with E-state index in [-0.39, 0.29) is 0 Å². The largest absolute Gasteiger partial charge is 0.457 e. The van der Waals surface area contributed by atoms with E-state index in [4.69, 9.17) is 4.74 Å². The molecule has 152 valence electrons. The van der Waals surface area contributed by atoms with Crippen LogP contribution in [0.1, 0.15) is 11.1 Å². The molecule has 0 saturated heterocycles. The maximum Gasteiger partial charge on any atom is 0.127 e. The first-order valence-corrected chi connectivity index (χ1v) is 11.2. The van der Waals surface area contributed by atoms with Crippen LogP contribution in [0, 0.1) is 0 Å². The van der Waals surface area contributed by atoms with E-state index < -0.39 is 0 Å². The van der Waals surface area contributed by atoms with Crippen LogP contribution in [0.4, 0.5) is 11.4 Å². The van der Waals surface area contributed by atoms with Gasteiger partial charge in [0.15, 0.2) is 0 Å². The Hall–Kier alpha value is -3.02. The van der Waals surface area contributed by atoms with Gasteiger partial charge < -0.3 is 4.74 Å². The van der Waals surface area contributed by atoms with Crippen molar-refractivity contribution in [2.45, 2.75) is 0 Å². The van der Waals surface area contributed by atoms with E-state index in [2.05, 4.69) is 41.8 Å². The second kappa shape index (κ2) is 10.3. The molecule has 31 heavy (non-hydrogen) atoms. The summed E-state index contributed by atoms with van der Waals surface area (Å²) in [6.45, 7) is 0. The Morgan fingerprint density at radius 3 is 1.35 bits per heavy atom. The first kappa shape index (κ1) is 21.2. The van der Waals surface area contributed by atoms with Crippen LogP contribution >= 0.6 is 31.9 Å². The van der Waals surface area contributed by atoms with E-state index in [0.717, 1.165) is 42.9 Å². The highest BCUT2D eigenvalue weighted by Crippen LogP contribution is 2.26. The Bertz CT molecular complexity index is 1120. The van der Waals surface area contributed by atoms with Gasteiger partial charge in [-0.2, -0.15) is 0 Å². The molecular weight excluding hydrogens is 516 g/mol. The predicted molar refractivity (Wildman–Crippen MR) is 136 cm³/mol. The minimum Gasteiger partial charge on any atom is -0.457 e. The second-order valence-electron chi connectivity index (χ2n) is 6.72. The van der Waals surface area contributed by atoms with Crippen LogP contribution in [0.25, 0.3) is 0 Å². The Morgan fingerprint density at radius 1 is 0.548 bits per heavy atom. The van der Waals surface area contributed by atoms with Gasteiger partial charge in [0.05, 0.1) is 11.4 Å². The lowest BCUT2D eigenvalue weighted by molar-refractivity contribution is 0.483. The van der Waals surface area contributed by atoms with Crippen LogP contribution in [-0.4, -0.2) is 12.4 Å². The van der Waals surface area contributed by atoms with E-state index in [1.54, 1.807) is 0 Å². The van der Waals surface area contributed by atoms with Crippen LogP contribution in [0.3, 0.4) is 0 Å². The molecule has 0 heterocycles. The zero-order chi connectivity index (χ0) is 21.5. The molecule has 4 rings (SSSR count). The fourth-order valence-corrected chi connectivity index (χ4v) is 3.64. The fourth-order valence-electron chi connectivity index (χ4n) is 2.81. The van der Waals surface area contributed by atoms with Crippen molar-refractivity contribution in [3.05, 3.63) is 117 Å². The van der Waals surface area contributed by atoms with Gasteiger partial charge in [-0.05, 0) is 83.9 Å². The van der Waals surface area contributed by atoms with Crippen molar-refractivity contribution in [2.75, 3.05) is 0 Å². The fraction of sp³-hybridized carbons (Fsp3) is 0. The average molecular weight is 534 g/mol. The number of ether oxygens (including phenoxy) is 1. The Morgan fingerprint density at radius 2 is 0.968 bits per heavy atom. The van der Waals surface area contributed by atoms with Crippen molar-refractivity contribution in [3.8, 4) is 11.5 Å². The number of benzene rings is 4. The first-order chi connectivity index (χ1) is 15.1. The number of nitrogens with zero attached hydrogens (tertiary/aromatic N) is 2. The maximum atomic E-state index is 5.93. The van der Waals surface area contributed by atoms with E-state index in [1.807, 2.05) is 109 Å². The molecule has 0 fully saturated rings. The molecule has 0 N–H and O–H groups in total. The standard InChI is InChI=1S/C26H18Br2N2O/c27-21-5-1-3-19(15-21)17-29-23-7-11-25(12-8-23)31-26-13-9-24(10-14-26)30-18-20-4-2-6-22(28)16-20/h1-18H. The Balaban J connectivity index is 1.37. The predicted octanol–water partition coefficient (Wildman–Crippen LogP) is 8.51. The molecule has 4 aromatic carbocycles. The minimum absolute atomic E-state index is 0.756. The van der Waals surface area contributed by atoms with Gasteiger partial charge in [-0.3, -0.25) is 9.98 Å². The summed E-state index contributed by atoms with van der Waals surface area (Å²) >= 11 is 6.94. The highest BCUT2D eigenvalue weighted by Gasteiger charge is 1.99. The third-order valence-electron chi connectivity index (χ3n) is 4.33. The summed E-state index contributed by atoms with van der Waals surface area (Å²) in [5.74, 6) is 1.51. The molecule has 0 unspecified atom stereocenters. The molecule has 0 aliphatic rings. The van der Waals surface area contributed by atoms with Crippen LogP contribution in [-0.2, 0) is 0 Å². The summed E-state index contributed by atoms with van der Waals surface area (Å²) in [7, 11) is 0. The van der Waals surface area contributed by atoms with Gasteiger partial charge in [-0.25, -0.2) is 0 Å². The lowest BCUT2D eigenvalue weighted by Gasteiger charge is -2.06. The van der Waals surface area contributed by atoms with E-state index in [0.29, 0.717) is 0 Å². The summed E-state index contributed by atoms with van der Waals surface area (Å²) in [6, 6.07) is 31.4. The lowest BCUT2D eigenvalue weighted by Crippen LogP contribution is -1.84. The van der Waals surface area contributed by atoms with Gasteiger partial charge in [-0.15, -0.1) is 0 Å². The van der Waals surface area contributed by atoms with Crippen LogP contribution in [0.2, 0.25) is 0 Å². The molecule has 0 amide bonds. The van der Waals surface area contributed by atoms with Gasteiger partial charge in [0.25, 0.3) is 0 Å². The zero-order valence-corrected chi connectivity index (χ0v) is 19.6. The quantitative estimate of drug-likeness (QED) is 0.229. The lowest BCUT2D eigenvalue weighted by atomic mass is 10.2. The average Bonchev–Trinajstić information content (AvgIpc) is 2.78. The highest BCUT2D eigenvalue weighted by atomic mass is 79.9. The molecule has 0 aliphatic heterocycles. The van der Waals surface area contributed by atoms with Crippen molar-refractivity contribution in [2.24, 2.45) is 9.98 Å². The molecule has 0 bridgehead atoms. The number of halogens is 2. The van der Waals surface area contributed by atoms with Crippen LogP contribution in [0.5, 0.6) is 11.5 Å². The van der Waals surface area contributed by atoms with Gasteiger partial charge in [0, 0.05) is 21.4 Å². The third-order valence-corrected chi connectivity index (χ3v) is 5.32. The van der Waals surface area contributed by atoms with Crippen molar-refractivity contribution in [3.63, 3.8) is 0 Å². The number of rotatable bonds is 6. The number of aliphatic imine (C=N–C) groups is 2. The normalized spacial score (nSPS) is 11.3. The van der Waals surface area contributed by atoms with Crippen LogP contribution in [0.15, 0.2) is 116 Å². The topological polar surface area (TPSA) is 34.0 Å². The van der Waals surface area contributed by atoms with E-state index in [1.165, 1.54) is 0 Å². The third kappa shape index (κ3) is 6.48. The van der Waals surface area contributed by atoms with Gasteiger partial charge in [-0.1, -0.05) is 56.1 Å². The molecule has 0 aliphatic carbocycles. The van der Waals surface area contributed by atoms with E-state index in [9.17, 15) is 0 Å². The summed E-state index contributed by atoms with van der Waals surface area (Å²) < 4.78 is 7.99. The monoisotopic (exact) mass is 532 g/mol. The van der Waals surface area contributed by atoms with Crippen molar-refractivity contribution in [1.29, 1.82) is 0 Å². The minimum atomic E-state index is 0.756. The van der Waals surface area contributed by atoms with Crippen molar-refractivity contribution >= 4 is 55.7 Å². The Labute approximate surface area is 198 Å². The molecule has 0 aromatic heterocycles. The summed E-state index contributed by atoms with van der Waals surface area (Å²) in [5.41, 5.74) is 3.81. The van der Waals surface area contributed by atoms with E-state index >= 15 is 0 Å². The van der Waals surface area contributed by atoms with Crippen molar-refractivity contribution in [1.82, 2.24) is 0 Å². The van der Waals surface area contributed by atoms with Gasteiger partial charge in [0.1, 0.15) is 11.5 Å². The molecule has 0 atom stereocenters. The molecule has 4 aromatic rings. The smallest absolute Gasteiger partial charge is 0.127 e. The maximum absolute atomic E-state index is 5.93. The summed E-state index contributed by atoms with van der Waals surface area (Å²) in [4.78, 5) is 9.02. The molecule has 5 heteroatoms. The highest BCUT2D eigenvalue weighted by molar-refractivity contribution is 9.10. The number of hydrogen-bond donors (Lipinski definition) is 0. The van der Waals surface area contributed by atoms with Gasteiger partial charge in [0.2, 0.25) is 0 Å². The molecule has 0 spiro atoms. The van der Waals surface area contributed by atoms with Crippen LogP contribution < -0.4 is 4.74 Å². The molecule has 3 nitrogen and oxygen atoms in total. The SMILES string of the molecule is Brc1cccc(C=Nc2ccc(Oc3ccc(N=Cc4cccc(Br)c4)cc3)cc2)c1. The number of hydrogen-bond acceptors (Lipinski definition) is 3. The van der Waals surface area contributed by atoms with Gasteiger partial charge >= 0.3 is 0 Å².